The van der Waals surface area contributed by atoms with Crippen molar-refractivity contribution in [1.82, 2.24) is 9.80 Å². The van der Waals surface area contributed by atoms with E-state index in [4.69, 9.17) is 4.74 Å². The van der Waals surface area contributed by atoms with E-state index >= 15 is 0 Å². The summed E-state index contributed by atoms with van der Waals surface area (Å²) in [6.07, 6.45) is 4.51. The molecule has 24 heavy (non-hydrogen) atoms. The maximum Gasteiger partial charge on any atom is 0.232 e. The predicted octanol–water partition coefficient (Wildman–Crippen LogP) is 2.45. The van der Waals surface area contributed by atoms with Crippen molar-refractivity contribution in [2.45, 2.75) is 30.8 Å². The van der Waals surface area contributed by atoms with Crippen LogP contribution in [0.3, 0.4) is 0 Å². The van der Waals surface area contributed by atoms with Crippen molar-refractivity contribution >= 4 is 17.7 Å². The molecular formula is C19H26N2O2S. The van der Waals surface area contributed by atoms with Gasteiger partial charge in [-0.1, -0.05) is 12.1 Å². The highest BCUT2D eigenvalue weighted by molar-refractivity contribution is 7.99. The number of amides is 1. The van der Waals surface area contributed by atoms with E-state index in [0.29, 0.717) is 35.6 Å². The predicted molar refractivity (Wildman–Crippen MR) is 97.7 cm³/mol. The van der Waals surface area contributed by atoms with Gasteiger partial charge in [-0.3, -0.25) is 9.69 Å². The summed E-state index contributed by atoms with van der Waals surface area (Å²) >= 11 is 1.63. The largest absolute Gasteiger partial charge is 0.497 e. The fraction of sp³-hybridized carbons (Fsp3) is 0.632. The number of likely N-dealkylation sites (tertiary alicyclic amines) is 1. The molecule has 1 aromatic rings. The number of hydrogen-bond acceptors (Lipinski definition) is 4. The summed E-state index contributed by atoms with van der Waals surface area (Å²) in [4.78, 5) is 17.6. The van der Waals surface area contributed by atoms with Crippen LogP contribution < -0.4 is 4.74 Å². The summed E-state index contributed by atoms with van der Waals surface area (Å²) in [6.45, 7) is 3.24. The Morgan fingerprint density at radius 2 is 2.08 bits per heavy atom. The van der Waals surface area contributed by atoms with E-state index in [1.165, 1.54) is 31.5 Å². The van der Waals surface area contributed by atoms with Gasteiger partial charge in [-0.05, 0) is 55.8 Å². The molecule has 4 saturated heterocycles. The molecule has 4 fully saturated rings. The number of methoxy groups -OCH3 is 1. The van der Waals surface area contributed by atoms with Gasteiger partial charge in [0.15, 0.2) is 0 Å². The number of hydrogen-bond donors (Lipinski definition) is 0. The normalized spacial score (nSPS) is 34.2. The Bertz CT molecular complexity index is 615. The molecule has 0 aliphatic carbocycles. The zero-order chi connectivity index (χ0) is 16.7. The van der Waals surface area contributed by atoms with E-state index in [1.54, 1.807) is 18.9 Å². The highest BCUT2D eigenvalue weighted by Crippen LogP contribution is 2.46. The first kappa shape index (κ1) is 16.3. The van der Waals surface area contributed by atoms with Gasteiger partial charge in [0.2, 0.25) is 5.91 Å². The maximum absolute atomic E-state index is 12.7. The molecular weight excluding hydrogens is 320 g/mol. The lowest BCUT2D eigenvalue weighted by Gasteiger charge is -2.51. The lowest BCUT2D eigenvalue weighted by Crippen LogP contribution is -2.60. The van der Waals surface area contributed by atoms with Gasteiger partial charge in [-0.25, -0.2) is 0 Å². The summed E-state index contributed by atoms with van der Waals surface area (Å²) < 4.78 is 5.43. The minimum atomic E-state index is 0.316. The van der Waals surface area contributed by atoms with Crippen molar-refractivity contribution < 1.29 is 9.53 Å². The van der Waals surface area contributed by atoms with E-state index < -0.39 is 0 Å². The van der Waals surface area contributed by atoms with Gasteiger partial charge < -0.3 is 9.64 Å². The molecule has 4 aliphatic rings. The second-order valence-corrected chi connectivity index (χ2v) is 8.08. The zero-order valence-electron chi connectivity index (χ0n) is 14.5. The molecule has 4 heterocycles. The van der Waals surface area contributed by atoms with Crippen molar-refractivity contribution in [2.75, 3.05) is 38.8 Å². The first-order valence-electron chi connectivity index (χ1n) is 8.89. The van der Waals surface area contributed by atoms with Crippen LogP contribution in [0, 0.1) is 5.92 Å². The zero-order valence-corrected chi connectivity index (χ0v) is 15.3. The number of benzene rings is 1. The van der Waals surface area contributed by atoms with Crippen LogP contribution in [0.15, 0.2) is 24.3 Å². The van der Waals surface area contributed by atoms with Gasteiger partial charge in [0.1, 0.15) is 5.75 Å². The van der Waals surface area contributed by atoms with Crippen molar-refractivity contribution in [3.63, 3.8) is 0 Å². The highest BCUT2D eigenvalue weighted by atomic mass is 32.2. The smallest absolute Gasteiger partial charge is 0.232 e. The second kappa shape index (κ2) is 6.60. The molecule has 5 rings (SSSR count). The molecule has 5 heteroatoms. The topological polar surface area (TPSA) is 32.8 Å². The molecule has 0 aromatic heterocycles. The fourth-order valence-electron chi connectivity index (χ4n) is 5.08. The minimum absolute atomic E-state index is 0.316. The van der Waals surface area contributed by atoms with Gasteiger partial charge >= 0.3 is 0 Å². The molecule has 0 saturated carbocycles. The van der Waals surface area contributed by atoms with Crippen LogP contribution in [-0.4, -0.2) is 66.5 Å². The molecule has 130 valence electrons. The summed E-state index contributed by atoms with van der Waals surface area (Å²) in [5.41, 5.74) is 1.32. The monoisotopic (exact) mass is 346 g/mol. The van der Waals surface area contributed by atoms with Crippen molar-refractivity contribution in [2.24, 2.45) is 5.92 Å². The van der Waals surface area contributed by atoms with Gasteiger partial charge in [-0.2, -0.15) is 11.8 Å². The highest BCUT2D eigenvalue weighted by Gasteiger charge is 2.54. The average molecular weight is 346 g/mol. The third kappa shape index (κ3) is 2.62. The molecule has 0 unspecified atom stereocenters. The summed E-state index contributed by atoms with van der Waals surface area (Å²) in [6, 6.07) is 9.33. The molecule has 0 N–H and O–H groups in total. The van der Waals surface area contributed by atoms with Crippen LogP contribution in [0.25, 0.3) is 0 Å². The average Bonchev–Trinajstić information content (AvgIpc) is 3.06. The number of fused-ring (bicyclic) bond motifs is 2. The molecule has 3 atom stereocenters. The van der Waals surface area contributed by atoms with Crippen LogP contribution in [0.5, 0.6) is 5.75 Å². The first-order chi connectivity index (χ1) is 11.7. The minimum Gasteiger partial charge on any atom is -0.497 e. The SMILES string of the molecule is COc1cccc([C@@H]2CN(C(=O)CSC)[C@@H]3C4CCN(CC4)[C@@H]32)c1. The van der Waals surface area contributed by atoms with Gasteiger partial charge in [0.25, 0.3) is 0 Å². The van der Waals surface area contributed by atoms with Crippen molar-refractivity contribution in [1.29, 1.82) is 0 Å². The van der Waals surface area contributed by atoms with E-state index in [-0.39, 0.29) is 0 Å². The number of rotatable bonds is 4. The third-order valence-electron chi connectivity index (χ3n) is 6.10. The standard InChI is InChI=1S/C19H26N2O2S/c1-23-15-5-3-4-14(10-15)16-11-21(17(22)12-24-2)18-13-6-8-20(9-7-13)19(16)18/h3-5,10,13,16,18-19H,6-9,11-12H2,1-2H3/t16-,18+,19+/m0/s1. The van der Waals surface area contributed by atoms with Crippen molar-refractivity contribution in [3.8, 4) is 5.75 Å². The molecule has 1 aromatic carbocycles. The number of ether oxygens (including phenoxy) is 1. The Labute approximate surface area is 148 Å². The Morgan fingerprint density at radius 1 is 1.29 bits per heavy atom. The Morgan fingerprint density at radius 3 is 2.79 bits per heavy atom. The van der Waals surface area contributed by atoms with Crippen LogP contribution in [0.4, 0.5) is 0 Å². The Hall–Kier alpha value is -1.20. The van der Waals surface area contributed by atoms with Gasteiger partial charge in [0.05, 0.1) is 18.9 Å². The number of thioether (sulfide) groups is 1. The van der Waals surface area contributed by atoms with E-state index in [9.17, 15) is 4.79 Å². The Balaban J connectivity index is 1.68. The van der Waals surface area contributed by atoms with E-state index in [1.807, 2.05) is 12.3 Å². The molecule has 2 bridgehead atoms. The van der Waals surface area contributed by atoms with Crippen molar-refractivity contribution in [3.05, 3.63) is 29.8 Å². The molecule has 1 amide bonds. The number of carbonyl (C=O) groups is 1. The van der Waals surface area contributed by atoms with Gasteiger partial charge in [-0.15, -0.1) is 0 Å². The first-order valence-corrected chi connectivity index (χ1v) is 10.3. The summed E-state index contributed by atoms with van der Waals surface area (Å²) in [7, 11) is 1.72. The molecule has 4 aliphatic heterocycles. The van der Waals surface area contributed by atoms with E-state index in [0.717, 1.165) is 12.3 Å². The van der Waals surface area contributed by atoms with Crippen LogP contribution in [0.2, 0.25) is 0 Å². The van der Waals surface area contributed by atoms with E-state index in [2.05, 4.69) is 28.0 Å². The number of nitrogens with zero attached hydrogens (tertiary/aromatic N) is 2. The lowest BCUT2D eigenvalue weighted by molar-refractivity contribution is -0.133. The Kier molecular flexibility index (Phi) is 4.48. The van der Waals surface area contributed by atoms with Crippen LogP contribution >= 0.6 is 11.8 Å². The number of carbonyl (C=O) groups excluding carboxylic acids is 1. The van der Waals surface area contributed by atoms with Crippen LogP contribution in [-0.2, 0) is 4.79 Å². The van der Waals surface area contributed by atoms with Gasteiger partial charge in [0, 0.05) is 18.5 Å². The third-order valence-corrected chi connectivity index (χ3v) is 6.64. The summed E-state index contributed by atoms with van der Waals surface area (Å²) in [5, 5.41) is 0. The van der Waals surface area contributed by atoms with Crippen LogP contribution in [0.1, 0.15) is 24.3 Å². The second-order valence-electron chi connectivity index (χ2n) is 7.22. The molecule has 0 spiro atoms. The molecule has 4 nitrogen and oxygen atoms in total. The number of piperidine rings is 3. The summed E-state index contributed by atoms with van der Waals surface area (Å²) in [5.74, 6) is 2.91. The quantitative estimate of drug-likeness (QED) is 0.838. The molecule has 0 radical (unpaired) electrons. The maximum atomic E-state index is 12.7. The fourth-order valence-corrected chi connectivity index (χ4v) is 5.49. The lowest BCUT2D eigenvalue weighted by atomic mass is 9.75.